The molecular formula is C19H14FN3O3S. The number of nitrogens with zero attached hydrogens (tertiary/aromatic N) is 1. The zero-order valence-corrected chi connectivity index (χ0v) is 14.8. The number of para-hydroxylation sites is 1. The number of rotatable bonds is 3. The van der Waals surface area contributed by atoms with Crippen molar-refractivity contribution in [2.24, 2.45) is 0 Å². The quantitative estimate of drug-likeness (QED) is 0.681. The minimum absolute atomic E-state index is 0.219. The van der Waals surface area contributed by atoms with Crippen LogP contribution in [0.15, 0.2) is 53.9 Å². The lowest BCUT2D eigenvalue weighted by Crippen LogP contribution is -2.38. The van der Waals surface area contributed by atoms with Crippen molar-refractivity contribution in [2.75, 3.05) is 11.9 Å². The third-order valence-electron chi connectivity index (χ3n) is 4.09. The number of benzene rings is 2. The average Bonchev–Trinajstić information content (AvgIpc) is 3.29. The third kappa shape index (κ3) is 3.52. The number of aromatic nitrogens is 1. The number of halogens is 1. The second kappa shape index (κ2) is 7.16. The number of amides is 2. The van der Waals surface area contributed by atoms with Crippen LogP contribution in [-0.4, -0.2) is 23.4 Å². The van der Waals surface area contributed by atoms with Gasteiger partial charge in [0.1, 0.15) is 18.2 Å². The molecule has 8 heteroatoms. The molecule has 1 atom stereocenters. The molecule has 0 bridgehead atoms. The topological polar surface area (TPSA) is 80.3 Å². The van der Waals surface area contributed by atoms with Gasteiger partial charge in [-0.05, 0) is 18.2 Å². The normalized spacial score (nSPS) is 14.9. The van der Waals surface area contributed by atoms with E-state index >= 15 is 0 Å². The number of hydrogen-bond acceptors (Lipinski definition) is 5. The van der Waals surface area contributed by atoms with Crippen LogP contribution in [0.4, 0.5) is 9.52 Å². The minimum atomic E-state index is -0.839. The van der Waals surface area contributed by atoms with E-state index < -0.39 is 17.6 Å². The smallest absolute Gasteiger partial charge is 0.315 e. The van der Waals surface area contributed by atoms with Crippen molar-refractivity contribution in [1.29, 1.82) is 0 Å². The van der Waals surface area contributed by atoms with Crippen LogP contribution in [0.3, 0.4) is 0 Å². The summed E-state index contributed by atoms with van der Waals surface area (Å²) in [7, 11) is 0. The van der Waals surface area contributed by atoms with Crippen molar-refractivity contribution >= 4 is 28.3 Å². The second-order valence-corrected chi connectivity index (χ2v) is 6.70. The Morgan fingerprint density at radius 1 is 1.11 bits per heavy atom. The Labute approximate surface area is 158 Å². The van der Waals surface area contributed by atoms with Gasteiger partial charge in [0, 0.05) is 16.5 Å². The molecule has 0 saturated heterocycles. The van der Waals surface area contributed by atoms with Crippen molar-refractivity contribution in [3.63, 3.8) is 0 Å². The van der Waals surface area contributed by atoms with Gasteiger partial charge in [0.05, 0.1) is 11.7 Å². The van der Waals surface area contributed by atoms with Gasteiger partial charge in [-0.3, -0.25) is 14.9 Å². The molecule has 2 aromatic carbocycles. The Balaban J connectivity index is 1.41. The molecule has 27 heavy (non-hydrogen) atoms. The van der Waals surface area contributed by atoms with E-state index in [0.717, 1.165) is 16.9 Å². The van der Waals surface area contributed by atoms with Crippen LogP contribution in [0.25, 0.3) is 11.3 Å². The van der Waals surface area contributed by atoms with E-state index in [1.54, 1.807) is 29.6 Å². The van der Waals surface area contributed by atoms with Crippen LogP contribution in [0, 0.1) is 5.82 Å². The fraction of sp³-hybridized carbons (Fsp3) is 0.105. The molecule has 2 N–H and O–H groups in total. The van der Waals surface area contributed by atoms with Gasteiger partial charge in [0.2, 0.25) is 0 Å². The Bertz CT molecular complexity index is 1020. The first-order chi connectivity index (χ1) is 13.1. The van der Waals surface area contributed by atoms with E-state index in [1.807, 2.05) is 18.2 Å². The summed E-state index contributed by atoms with van der Waals surface area (Å²) in [5.41, 5.74) is 1.56. The first kappa shape index (κ1) is 17.2. The molecule has 1 aliphatic rings. The van der Waals surface area contributed by atoms with Crippen molar-refractivity contribution in [3.05, 3.63) is 65.3 Å². The predicted octanol–water partition coefficient (Wildman–Crippen LogP) is 3.14. The maximum Gasteiger partial charge on any atom is 0.315 e. The summed E-state index contributed by atoms with van der Waals surface area (Å²) in [4.78, 5) is 28.5. The zero-order valence-electron chi connectivity index (χ0n) is 13.9. The molecular weight excluding hydrogens is 369 g/mol. The summed E-state index contributed by atoms with van der Waals surface area (Å²) < 4.78 is 19.3. The highest BCUT2D eigenvalue weighted by molar-refractivity contribution is 7.14. The van der Waals surface area contributed by atoms with Crippen molar-refractivity contribution in [3.8, 4) is 17.0 Å². The first-order valence-electron chi connectivity index (χ1n) is 8.16. The minimum Gasteiger partial charge on any atom is -0.491 e. The number of anilines is 1. The monoisotopic (exact) mass is 383 g/mol. The van der Waals surface area contributed by atoms with Gasteiger partial charge < -0.3 is 10.1 Å². The lowest BCUT2D eigenvalue weighted by molar-refractivity contribution is -0.136. The standard InChI is InChI=1S/C19H14FN3O3S/c20-13-7-3-1-5-11(13)15-10-27-19(22-15)23-18(25)17(24)21-14-9-26-16-8-4-2-6-12(14)16/h1-8,10,14H,9H2,(H,21,24)(H,22,23,25). The lowest BCUT2D eigenvalue weighted by atomic mass is 10.1. The lowest BCUT2D eigenvalue weighted by Gasteiger charge is -2.10. The third-order valence-corrected chi connectivity index (χ3v) is 4.84. The highest BCUT2D eigenvalue weighted by Gasteiger charge is 2.27. The summed E-state index contributed by atoms with van der Waals surface area (Å²) in [5.74, 6) is -1.34. The molecule has 6 nitrogen and oxygen atoms in total. The Morgan fingerprint density at radius 3 is 2.74 bits per heavy atom. The summed E-state index contributed by atoms with van der Waals surface area (Å²) in [6.45, 7) is 0.271. The molecule has 4 rings (SSSR count). The zero-order chi connectivity index (χ0) is 18.8. The highest BCUT2D eigenvalue weighted by Crippen LogP contribution is 2.31. The molecule has 1 aliphatic heterocycles. The van der Waals surface area contributed by atoms with Gasteiger partial charge in [-0.2, -0.15) is 0 Å². The van der Waals surface area contributed by atoms with Gasteiger partial charge >= 0.3 is 11.8 Å². The molecule has 1 unspecified atom stereocenters. The molecule has 0 spiro atoms. The summed E-state index contributed by atoms with van der Waals surface area (Å²) in [6.07, 6.45) is 0. The second-order valence-electron chi connectivity index (χ2n) is 5.85. The molecule has 1 aromatic heterocycles. The molecule has 0 fully saturated rings. The largest absolute Gasteiger partial charge is 0.491 e. The first-order valence-corrected chi connectivity index (χ1v) is 9.04. The van der Waals surface area contributed by atoms with Crippen molar-refractivity contribution in [2.45, 2.75) is 6.04 Å². The molecule has 0 aliphatic carbocycles. The van der Waals surface area contributed by atoms with E-state index in [2.05, 4.69) is 15.6 Å². The fourth-order valence-electron chi connectivity index (χ4n) is 2.78. The van der Waals surface area contributed by atoms with Gasteiger partial charge in [0.15, 0.2) is 5.13 Å². The number of carbonyl (C=O) groups excluding carboxylic acids is 2. The molecule has 0 radical (unpaired) electrons. The molecule has 3 aromatic rings. The molecule has 0 saturated carbocycles. The van der Waals surface area contributed by atoms with E-state index in [4.69, 9.17) is 4.74 Å². The van der Waals surface area contributed by atoms with E-state index in [0.29, 0.717) is 17.0 Å². The summed E-state index contributed by atoms with van der Waals surface area (Å²) in [6, 6.07) is 13.2. The van der Waals surface area contributed by atoms with Gasteiger partial charge in [-0.1, -0.05) is 30.3 Å². The van der Waals surface area contributed by atoms with E-state index in [9.17, 15) is 14.0 Å². The van der Waals surface area contributed by atoms with Crippen LogP contribution in [0.5, 0.6) is 5.75 Å². The SMILES string of the molecule is O=C(Nc1nc(-c2ccccc2F)cs1)C(=O)NC1COc2ccccc21. The fourth-order valence-corrected chi connectivity index (χ4v) is 3.49. The summed E-state index contributed by atoms with van der Waals surface area (Å²) >= 11 is 1.12. The van der Waals surface area contributed by atoms with Crippen molar-refractivity contribution < 1.29 is 18.7 Å². The van der Waals surface area contributed by atoms with E-state index in [1.165, 1.54) is 6.07 Å². The predicted molar refractivity (Wildman–Crippen MR) is 99.0 cm³/mol. The number of carbonyl (C=O) groups is 2. The number of nitrogens with one attached hydrogen (secondary N) is 2. The van der Waals surface area contributed by atoms with Gasteiger partial charge in [-0.25, -0.2) is 9.37 Å². The van der Waals surface area contributed by atoms with Gasteiger partial charge in [-0.15, -0.1) is 11.3 Å². The van der Waals surface area contributed by atoms with Crippen LogP contribution < -0.4 is 15.4 Å². The Kier molecular flexibility index (Phi) is 4.55. The van der Waals surface area contributed by atoms with Gasteiger partial charge in [0.25, 0.3) is 0 Å². The molecule has 2 amide bonds. The van der Waals surface area contributed by atoms with Crippen LogP contribution in [0.2, 0.25) is 0 Å². The average molecular weight is 383 g/mol. The number of ether oxygens (including phenoxy) is 1. The van der Waals surface area contributed by atoms with Crippen LogP contribution in [-0.2, 0) is 9.59 Å². The highest BCUT2D eigenvalue weighted by atomic mass is 32.1. The molecule has 2 heterocycles. The number of thiazole rings is 1. The Morgan fingerprint density at radius 2 is 1.89 bits per heavy atom. The van der Waals surface area contributed by atoms with E-state index in [-0.39, 0.29) is 17.8 Å². The molecule has 136 valence electrons. The maximum absolute atomic E-state index is 13.8. The van der Waals surface area contributed by atoms with Crippen molar-refractivity contribution in [1.82, 2.24) is 10.3 Å². The summed E-state index contributed by atoms with van der Waals surface area (Å²) in [5, 5.41) is 6.92. The van der Waals surface area contributed by atoms with Crippen LogP contribution >= 0.6 is 11.3 Å². The maximum atomic E-state index is 13.8. The Hall–Kier alpha value is -3.26. The number of hydrogen-bond donors (Lipinski definition) is 2. The van der Waals surface area contributed by atoms with Crippen LogP contribution in [0.1, 0.15) is 11.6 Å². The number of fused-ring (bicyclic) bond motifs is 1.